The first-order chi connectivity index (χ1) is 8.96. The third-order valence-corrected chi connectivity index (χ3v) is 6.91. The molecule has 2 heterocycles. The minimum atomic E-state index is -3.36. The normalized spacial score (nSPS) is 35.4. The van der Waals surface area contributed by atoms with Crippen LogP contribution in [0.1, 0.15) is 33.1 Å². The van der Waals surface area contributed by atoms with Gasteiger partial charge in [0, 0.05) is 30.5 Å². The van der Waals surface area contributed by atoms with Crippen LogP contribution in [-0.2, 0) is 14.9 Å². The van der Waals surface area contributed by atoms with Gasteiger partial charge in [-0.2, -0.15) is 17.0 Å². The Balaban J connectivity index is 2.17. The highest BCUT2D eigenvalue weighted by Gasteiger charge is 2.40. The lowest BCUT2D eigenvalue weighted by molar-refractivity contribution is -0.0167. The smallest absolute Gasteiger partial charge is 0.282 e. The molecule has 2 rings (SSSR count). The van der Waals surface area contributed by atoms with E-state index in [-0.39, 0.29) is 18.2 Å². The van der Waals surface area contributed by atoms with Crippen molar-refractivity contribution in [2.24, 2.45) is 0 Å². The van der Waals surface area contributed by atoms with E-state index in [4.69, 9.17) is 4.74 Å². The van der Waals surface area contributed by atoms with Gasteiger partial charge in [-0.15, -0.1) is 0 Å². The van der Waals surface area contributed by atoms with Gasteiger partial charge in [0.1, 0.15) is 0 Å². The van der Waals surface area contributed by atoms with Crippen LogP contribution in [0.2, 0.25) is 0 Å². The Bertz CT molecular complexity index is 404. The zero-order chi connectivity index (χ0) is 14.0. The Morgan fingerprint density at radius 3 is 2.58 bits per heavy atom. The molecule has 0 N–H and O–H groups in total. The molecular weight excluding hydrogens is 332 g/mol. The second kappa shape index (κ2) is 6.39. The molecule has 112 valence electrons. The minimum Gasteiger partial charge on any atom is -0.374 e. The number of nitrogens with zero attached hydrogens (tertiary/aromatic N) is 2. The highest BCUT2D eigenvalue weighted by Crippen LogP contribution is 2.26. The van der Waals surface area contributed by atoms with Crippen LogP contribution in [0.25, 0.3) is 0 Å². The first-order valence-electron chi connectivity index (χ1n) is 6.93. The molecule has 2 saturated heterocycles. The zero-order valence-corrected chi connectivity index (χ0v) is 14.0. The molecule has 0 bridgehead atoms. The van der Waals surface area contributed by atoms with Crippen LogP contribution in [0.15, 0.2) is 0 Å². The maximum absolute atomic E-state index is 12.8. The Morgan fingerprint density at radius 2 is 1.95 bits per heavy atom. The van der Waals surface area contributed by atoms with Gasteiger partial charge in [-0.1, -0.05) is 22.4 Å². The average molecular weight is 355 g/mol. The van der Waals surface area contributed by atoms with E-state index >= 15 is 0 Å². The number of hydrogen-bond acceptors (Lipinski definition) is 3. The van der Waals surface area contributed by atoms with Crippen LogP contribution in [0, 0.1) is 0 Å². The van der Waals surface area contributed by atoms with Gasteiger partial charge in [0.15, 0.2) is 0 Å². The summed E-state index contributed by atoms with van der Waals surface area (Å²) in [6.45, 7) is 5.47. The van der Waals surface area contributed by atoms with Gasteiger partial charge in [-0.25, -0.2) is 0 Å². The fraction of sp³-hybridized carbons (Fsp3) is 1.00. The van der Waals surface area contributed by atoms with E-state index in [0.717, 1.165) is 19.3 Å². The van der Waals surface area contributed by atoms with Crippen molar-refractivity contribution in [1.82, 2.24) is 8.61 Å². The van der Waals surface area contributed by atoms with Crippen molar-refractivity contribution >= 4 is 26.1 Å². The summed E-state index contributed by atoms with van der Waals surface area (Å²) in [5.41, 5.74) is 0. The molecule has 0 radical (unpaired) electrons. The predicted molar refractivity (Wildman–Crippen MR) is 78.6 cm³/mol. The molecule has 0 aromatic carbocycles. The van der Waals surface area contributed by atoms with Gasteiger partial charge in [0.25, 0.3) is 10.2 Å². The predicted octanol–water partition coefficient (Wildman–Crippen LogP) is 1.59. The van der Waals surface area contributed by atoms with Crippen molar-refractivity contribution in [3.05, 3.63) is 0 Å². The molecule has 0 aromatic rings. The number of piperidine rings is 1. The average Bonchev–Trinajstić information content (AvgIpc) is 2.39. The third kappa shape index (κ3) is 3.32. The van der Waals surface area contributed by atoms with E-state index in [1.807, 2.05) is 13.8 Å². The third-order valence-electron chi connectivity index (χ3n) is 3.96. The summed E-state index contributed by atoms with van der Waals surface area (Å²) in [5.74, 6) is 0. The lowest BCUT2D eigenvalue weighted by Crippen LogP contribution is -2.57. The molecule has 19 heavy (non-hydrogen) atoms. The SMILES string of the molecule is CC1CCCCN1S(=O)(=O)N1CC(CBr)OCC1C. The summed E-state index contributed by atoms with van der Waals surface area (Å²) in [4.78, 5) is 0. The fourth-order valence-electron chi connectivity index (χ4n) is 2.76. The van der Waals surface area contributed by atoms with Crippen molar-refractivity contribution in [2.75, 3.05) is 25.0 Å². The summed E-state index contributed by atoms with van der Waals surface area (Å²) in [5, 5.41) is 0.668. The van der Waals surface area contributed by atoms with Crippen molar-refractivity contribution in [3.8, 4) is 0 Å². The highest BCUT2D eigenvalue weighted by molar-refractivity contribution is 9.09. The second-order valence-corrected chi connectivity index (χ2v) is 7.97. The van der Waals surface area contributed by atoms with Crippen LogP contribution in [-0.4, -0.2) is 60.2 Å². The van der Waals surface area contributed by atoms with Crippen molar-refractivity contribution in [1.29, 1.82) is 0 Å². The van der Waals surface area contributed by atoms with E-state index in [1.165, 1.54) is 0 Å². The molecule has 0 spiro atoms. The topological polar surface area (TPSA) is 49.9 Å². The standard InChI is InChI=1S/C12H23BrN2O3S/c1-10-5-3-4-6-14(10)19(16,17)15-8-12(7-13)18-9-11(15)2/h10-12H,3-9H2,1-2H3. The number of ether oxygens (including phenoxy) is 1. The Hall–Kier alpha value is 0.310. The maximum atomic E-state index is 12.8. The molecule has 3 atom stereocenters. The maximum Gasteiger partial charge on any atom is 0.282 e. The van der Waals surface area contributed by atoms with E-state index in [2.05, 4.69) is 15.9 Å². The van der Waals surface area contributed by atoms with Crippen LogP contribution in [0.4, 0.5) is 0 Å². The Kier molecular flexibility index (Phi) is 5.28. The Labute approximate surface area is 124 Å². The van der Waals surface area contributed by atoms with Gasteiger partial charge in [0.2, 0.25) is 0 Å². The van der Waals surface area contributed by atoms with Gasteiger partial charge in [-0.05, 0) is 26.7 Å². The molecule has 7 heteroatoms. The molecule has 2 aliphatic heterocycles. The van der Waals surface area contributed by atoms with E-state index < -0.39 is 10.2 Å². The Morgan fingerprint density at radius 1 is 1.21 bits per heavy atom. The number of halogens is 1. The van der Waals surface area contributed by atoms with Gasteiger partial charge < -0.3 is 4.74 Å². The fourth-order valence-corrected chi connectivity index (χ4v) is 5.21. The molecular formula is C12H23BrN2O3S. The molecule has 0 amide bonds. The highest BCUT2D eigenvalue weighted by atomic mass is 79.9. The molecule has 3 unspecified atom stereocenters. The first kappa shape index (κ1) is 15.7. The number of morpholine rings is 1. The molecule has 0 aromatic heterocycles. The summed E-state index contributed by atoms with van der Waals surface area (Å²) in [6, 6.07) is 0.0191. The van der Waals surface area contributed by atoms with Crippen molar-refractivity contribution < 1.29 is 13.2 Å². The second-order valence-electron chi connectivity index (χ2n) is 5.49. The van der Waals surface area contributed by atoms with E-state index in [1.54, 1.807) is 8.61 Å². The molecule has 5 nitrogen and oxygen atoms in total. The monoisotopic (exact) mass is 354 g/mol. The zero-order valence-electron chi connectivity index (χ0n) is 11.6. The van der Waals surface area contributed by atoms with Gasteiger partial charge >= 0.3 is 0 Å². The molecule has 2 aliphatic rings. The number of alkyl halides is 1. The summed E-state index contributed by atoms with van der Waals surface area (Å²) < 4.78 is 34.5. The van der Waals surface area contributed by atoms with Crippen LogP contribution < -0.4 is 0 Å². The minimum absolute atomic E-state index is 0.0499. The number of hydrogen-bond donors (Lipinski definition) is 0. The van der Waals surface area contributed by atoms with Crippen LogP contribution in [0.5, 0.6) is 0 Å². The first-order valence-corrected chi connectivity index (χ1v) is 9.45. The summed E-state index contributed by atoms with van der Waals surface area (Å²) in [7, 11) is -3.36. The molecule has 2 fully saturated rings. The van der Waals surface area contributed by atoms with E-state index in [9.17, 15) is 8.42 Å². The number of rotatable bonds is 3. The lowest BCUT2D eigenvalue weighted by Gasteiger charge is -2.42. The molecule has 0 aliphatic carbocycles. The van der Waals surface area contributed by atoms with Crippen LogP contribution in [0.3, 0.4) is 0 Å². The summed E-state index contributed by atoms with van der Waals surface area (Å²) in [6.07, 6.45) is 2.99. The van der Waals surface area contributed by atoms with Crippen molar-refractivity contribution in [3.63, 3.8) is 0 Å². The summed E-state index contributed by atoms with van der Waals surface area (Å²) >= 11 is 3.37. The van der Waals surface area contributed by atoms with E-state index in [0.29, 0.717) is 25.0 Å². The van der Waals surface area contributed by atoms with Gasteiger partial charge in [0.05, 0.1) is 12.7 Å². The largest absolute Gasteiger partial charge is 0.374 e. The molecule has 0 saturated carbocycles. The van der Waals surface area contributed by atoms with Crippen LogP contribution >= 0.6 is 15.9 Å². The quantitative estimate of drug-likeness (QED) is 0.723. The van der Waals surface area contributed by atoms with Gasteiger partial charge in [-0.3, -0.25) is 0 Å². The van der Waals surface area contributed by atoms with Crippen molar-refractivity contribution in [2.45, 2.75) is 51.3 Å². The lowest BCUT2D eigenvalue weighted by atomic mass is 10.1.